The van der Waals surface area contributed by atoms with Crippen LogP contribution in [-0.2, 0) is 0 Å². The smallest absolute Gasteiger partial charge is 0.0220 e. The maximum absolute atomic E-state index is 5.16. The molecule has 1 radical (unpaired) electrons. The van der Waals surface area contributed by atoms with Gasteiger partial charge < -0.3 is 5.73 Å². The summed E-state index contributed by atoms with van der Waals surface area (Å²) in [5.74, 6) is 0.588. The van der Waals surface area contributed by atoms with E-state index in [1.54, 1.807) is 6.54 Å². The van der Waals surface area contributed by atoms with Crippen LogP contribution in [0.2, 0.25) is 0 Å². The van der Waals surface area contributed by atoms with E-state index in [0.29, 0.717) is 5.92 Å². The summed E-state index contributed by atoms with van der Waals surface area (Å²) in [5, 5.41) is 0. The first-order chi connectivity index (χ1) is 2.81. The van der Waals surface area contributed by atoms with E-state index in [9.17, 15) is 0 Å². The molecule has 0 rings (SSSR count). The van der Waals surface area contributed by atoms with Gasteiger partial charge in [0.05, 0.1) is 0 Å². The highest BCUT2D eigenvalue weighted by Gasteiger charge is 1.89. The molecule has 0 fully saturated rings. The average Bonchev–Trinajstić information content (AvgIpc) is 1.65. The lowest BCUT2D eigenvalue weighted by Gasteiger charge is -1.98. The van der Waals surface area contributed by atoms with Crippen LogP contribution in [0.15, 0.2) is 0 Å². The molecular formula is C5H12N. The fourth-order valence-corrected chi connectivity index (χ4v) is 0.136. The van der Waals surface area contributed by atoms with Crippen LogP contribution in [0.25, 0.3) is 0 Å². The largest absolute Gasteiger partial charge is 0.326 e. The van der Waals surface area contributed by atoms with Gasteiger partial charge in [-0.3, -0.25) is 0 Å². The summed E-state index contributed by atoms with van der Waals surface area (Å²) in [4.78, 5) is 0. The van der Waals surface area contributed by atoms with Gasteiger partial charge in [0.15, 0.2) is 0 Å². The average molecular weight is 86.2 g/mol. The van der Waals surface area contributed by atoms with E-state index in [1.807, 2.05) is 0 Å². The molecule has 1 heteroatoms. The molecule has 37 valence electrons. The first kappa shape index (κ1) is 5.96. The third-order valence-corrected chi connectivity index (χ3v) is 0.972. The quantitative estimate of drug-likeness (QED) is 0.536. The zero-order chi connectivity index (χ0) is 4.99. The second-order valence-corrected chi connectivity index (χ2v) is 1.58. The first-order valence-electron chi connectivity index (χ1n) is 2.36. The van der Waals surface area contributed by atoms with Crippen molar-refractivity contribution >= 4 is 0 Å². The lowest BCUT2D eigenvalue weighted by Crippen LogP contribution is -2.00. The third kappa shape index (κ3) is 2.21. The van der Waals surface area contributed by atoms with Gasteiger partial charge in [0.2, 0.25) is 0 Å². The topological polar surface area (TPSA) is 26.0 Å². The van der Waals surface area contributed by atoms with E-state index in [1.165, 1.54) is 0 Å². The van der Waals surface area contributed by atoms with E-state index in [4.69, 9.17) is 5.73 Å². The Kier molecular flexibility index (Phi) is 3.14. The van der Waals surface area contributed by atoms with Crippen LogP contribution in [0.5, 0.6) is 0 Å². The second-order valence-electron chi connectivity index (χ2n) is 1.58. The molecule has 1 nitrogen and oxygen atoms in total. The van der Waals surface area contributed by atoms with E-state index in [-0.39, 0.29) is 0 Å². The molecule has 0 spiro atoms. The Balaban J connectivity index is 2.75. The molecule has 0 amide bonds. The number of hydrogen-bond acceptors (Lipinski definition) is 1. The van der Waals surface area contributed by atoms with Crippen molar-refractivity contribution in [1.29, 1.82) is 0 Å². The fourth-order valence-electron chi connectivity index (χ4n) is 0.136. The highest BCUT2D eigenvalue weighted by molar-refractivity contribution is 4.60. The van der Waals surface area contributed by atoms with Gasteiger partial charge in [0.25, 0.3) is 0 Å². The lowest BCUT2D eigenvalue weighted by molar-refractivity contribution is 0.640. The van der Waals surface area contributed by atoms with Crippen molar-refractivity contribution < 1.29 is 0 Å². The maximum atomic E-state index is 5.16. The van der Waals surface area contributed by atoms with Gasteiger partial charge in [0, 0.05) is 6.54 Å². The summed E-state index contributed by atoms with van der Waals surface area (Å²) in [5.41, 5.74) is 5.16. The Labute approximate surface area is 39.5 Å². The van der Waals surface area contributed by atoms with E-state index < -0.39 is 0 Å². The van der Waals surface area contributed by atoms with E-state index in [2.05, 4.69) is 13.8 Å². The molecule has 1 atom stereocenters. The van der Waals surface area contributed by atoms with E-state index in [0.717, 1.165) is 6.42 Å². The number of hydrogen-bond donors (Lipinski definition) is 1. The van der Waals surface area contributed by atoms with Crippen LogP contribution in [0.1, 0.15) is 20.3 Å². The fraction of sp³-hybridized carbons (Fsp3) is 0.800. The Morgan fingerprint density at radius 3 is 2.33 bits per heavy atom. The Hall–Kier alpha value is -0.0400. The van der Waals surface area contributed by atoms with Gasteiger partial charge in [0.1, 0.15) is 0 Å². The zero-order valence-corrected chi connectivity index (χ0v) is 4.44. The summed E-state index contributed by atoms with van der Waals surface area (Å²) in [6.07, 6.45) is 1.15. The van der Waals surface area contributed by atoms with Gasteiger partial charge >= 0.3 is 0 Å². The molecule has 0 aromatic heterocycles. The Bertz CT molecular complexity index is 23.1. The van der Waals surface area contributed by atoms with Crippen molar-refractivity contribution in [2.75, 3.05) is 0 Å². The van der Waals surface area contributed by atoms with Gasteiger partial charge in [-0.15, -0.1) is 0 Å². The highest BCUT2D eigenvalue weighted by atomic mass is 14.5. The second kappa shape index (κ2) is 3.16. The first-order valence-corrected chi connectivity index (χ1v) is 2.36. The number of nitrogens with two attached hydrogens (primary N) is 1. The van der Waals surface area contributed by atoms with E-state index >= 15 is 0 Å². The molecule has 0 unspecified atom stereocenters. The molecule has 0 saturated heterocycles. The van der Waals surface area contributed by atoms with Crippen LogP contribution in [-0.4, -0.2) is 0 Å². The maximum Gasteiger partial charge on any atom is 0.0220 e. The molecule has 0 aliphatic carbocycles. The van der Waals surface area contributed by atoms with Crippen LogP contribution >= 0.6 is 0 Å². The summed E-state index contributed by atoms with van der Waals surface area (Å²) >= 11 is 0. The molecule has 0 aliphatic heterocycles. The Morgan fingerprint density at radius 2 is 2.33 bits per heavy atom. The van der Waals surface area contributed by atoms with Gasteiger partial charge in [-0.05, 0) is 5.92 Å². The summed E-state index contributed by atoms with van der Waals surface area (Å²) in [6.45, 7) is 5.94. The van der Waals surface area contributed by atoms with Crippen LogP contribution in [0.3, 0.4) is 0 Å². The zero-order valence-electron chi connectivity index (χ0n) is 4.44. The molecule has 0 heterocycles. The summed E-state index contributed by atoms with van der Waals surface area (Å²) < 4.78 is 0. The SMILES string of the molecule is CC[C@@H](C)[CH]N. The minimum Gasteiger partial charge on any atom is -0.326 e. The summed E-state index contributed by atoms with van der Waals surface area (Å²) in [6, 6.07) is 0. The minimum absolute atomic E-state index is 0.588. The van der Waals surface area contributed by atoms with Crippen molar-refractivity contribution in [2.45, 2.75) is 20.3 Å². The van der Waals surface area contributed by atoms with Crippen LogP contribution in [0.4, 0.5) is 0 Å². The van der Waals surface area contributed by atoms with Crippen molar-refractivity contribution in [3.63, 3.8) is 0 Å². The molecule has 2 N–H and O–H groups in total. The van der Waals surface area contributed by atoms with Crippen molar-refractivity contribution in [3.8, 4) is 0 Å². The van der Waals surface area contributed by atoms with Gasteiger partial charge in [-0.25, -0.2) is 0 Å². The standard InChI is InChI=1S/C5H12N/c1-3-5(2)4-6/h4-5H,3,6H2,1-2H3/t5-/m1/s1. The van der Waals surface area contributed by atoms with Crippen LogP contribution in [0, 0.1) is 12.5 Å². The predicted octanol–water partition coefficient (Wildman–Crippen LogP) is 1.15. The minimum atomic E-state index is 0.588. The van der Waals surface area contributed by atoms with Crippen molar-refractivity contribution in [2.24, 2.45) is 11.7 Å². The van der Waals surface area contributed by atoms with Gasteiger partial charge in [-0.2, -0.15) is 0 Å². The molecule has 6 heavy (non-hydrogen) atoms. The summed E-state index contributed by atoms with van der Waals surface area (Å²) in [7, 11) is 0. The lowest BCUT2D eigenvalue weighted by atomic mass is 10.1. The molecule has 0 aliphatic rings. The predicted molar refractivity (Wildman–Crippen MR) is 27.9 cm³/mol. The molecule has 0 aromatic rings. The normalized spacial score (nSPS) is 14.5. The molecule has 0 saturated carbocycles. The monoisotopic (exact) mass is 86.1 g/mol. The van der Waals surface area contributed by atoms with Gasteiger partial charge in [-0.1, -0.05) is 20.3 Å². The highest BCUT2D eigenvalue weighted by Crippen LogP contribution is 1.97. The van der Waals surface area contributed by atoms with Crippen molar-refractivity contribution in [3.05, 3.63) is 6.54 Å². The Morgan fingerprint density at radius 1 is 1.83 bits per heavy atom. The van der Waals surface area contributed by atoms with Crippen LogP contribution < -0.4 is 5.73 Å². The molecule has 0 aromatic carbocycles. The molecule has 0 bridgehead atoms. The molecular weight excluding hydrogens is 74.1 g/mol. The van der Waals surface area contributed by atoms with Crippen molar-refractivity contribution in [1.82, 2.24) is 0 Å². The number of rotatable bonds is 2. The third-order valence-electron chi connectivity index (χ3n) is 0.972.